The minimum absolute atomic E-state index is 0.0732. The second-order valence-corrected chi connectivity index (χ2v) is 6.54. The lowest BCUT2D eigenvalue weighted by atomic mass is 10.2. The van der Waals surface area contributed by atoms with Crippen LogP contribution in [0.25, 0.3) is 0 Å². The van der Waals surface area contributed by atoms with E-state index in [1.807, 2.05) is 0 Å². The maximum atomic E-state index is 12.0. The molecule has 0 saturated carbocycles. The summed E-state index contributed by atoms with van der Waals surface area (Å²) >= 11 is 0. The number of rotatable bonds is 7. The van der Waals surface area contributed by atoms with E-state index in [4.69, 9.17) is 5.11 Å². The largest absolute Gasteiger partial charge is 0.481 e. The van der Waals surface area contributed by atoms with E-state index in [1.54, 1.807) is 13.8 Å². The van der Waals surface area contributed by atoms with E-state index >= 15 is 0 Å². The Morgan fingerprint density at radius 3 is 2.25 bits per heavy atom. The van der Waals surface area contributed by atoms with Gasteiger partial charge in [-0.2, -0.15) is 0 Å². The van der Waals surface area contributed by atoms with Crippen molar-refractivity contribution in [3.8, 4) is 0 Å². The molecule has 1 aromatic rings. The number of hydrogen-bond acceptors (Lipinski definition) is 4. The first-order valence-electron chi connectivity index (χ1n) is 6.22. The molecule has 7 heteroatoms. The minimum atomic E-state index is -3.66. The van der Waals surface area contributed by atoms with Gasteiger partial charge in [0.05, 0.1) is 17.4 Å². The number of nitrogens with one attached hydrogen (secondary N) is 1. The summed E-state index contributed by atoms with van der Waals surface area (Å²) in [5, 5.41) is 17.9. The molecule has 1 aromatic carbocycles. The number of sulfonamides is 1. The molecule has 1 rings (SSSR count). The number of carboxylic acids is 1. The standard InChI is InChI=1S/C13H19NO5S/c1-9(7-10(2)15)14-20(18,19)12-5-3-11(4-6-12)8-13(16)17/h3-6,9-10,14-15H,7-8H2,1-2H3,(H,16,17). The average Bonchev–Trinajstić information content (AvgIpc) is 2.26. The first-order chi connectivity index (χ1) is 9.20. The highest BCUT2D eigenvalue weighted by Crippen LogP contribution is 2.12. The topological polar surface area (TPSA) is 104 Å². The van der Waals surface area contributed by atoms with E-state index in [9.17, 15) is 18.3 Å². The van der Waals surface area contributed by atoms with Crippen LogP contribution in [-0.2, 0) is 21.2 Å². The zero-order chi connectivity index (χ0) is 15.3. The summed E-state index contributed by atoms with van der Waals surface area (Å²) in [6.07, 6.45) is -0.423. The van der Waals surface area contributed by atoms with Crippen LogP contribution in [-0.4, -0.2) is 36.7 Å². The predicted molar refractivity (Wildman–Crippen MR) is 73.9 cm³/mol. The van der Waals surface area contributed by atoms with Crippen molar-refractivity contribution >= 4 is 16.0 Å². The number of aliphatic hydroxyl groups excluding tert-OH is 1. The Hall–Kier alpha value is -1.44. The number of aliphatic carboxylic acids is 1. The van der Waals surface area contributed by atoms with Gasteiger partial charge in [0, 0.05) is 6.04 Å². The third-order valence-corrected chi connectivity index (χ3v) is 4.25. The number of carbonyl (C=O) groups is 1. The van der Waals surface area contributed by atoms with Gasteiger partial charge < -0.3 is 10.2 Å². The SMILES string of the molecule is CC(O)CC(C)NS(=O)(=O)c1ccc(CC(=O)O)cc1. The number of hydrogen-bond donors (Lipinski definition) is 3. The van der Waals surface area contributed by atoms with Gasteiger partial charge in [0.15, 0.2) is 0 Å². The summed E-state index contributed by atoms with van der Waals surface area (Å²) in [6, 6.07) is 5.30. The highest BCUT2D eigenvalue weighted by molar-refractivity contribution is 7.89. The molecule has 3 N–H and O–H groups in total. The van der Waals surface area contributed by atoms with Gasteiger partial charge in [-0.25, -0.2) is 13.1 Å². The summed E-state index contributed by atoms with van der Waals surface area (Å²) in [6.45, 7) is 3.26. The van der Waals surface area contributed by atoms with E-state index in [0.717, 1.165) is 0 Å². The van der Waals surface area contributed by atoms with Crippen LogP contribution in [0.15, 0.2) is 29.2 Å². The van der Waals surface area contributed by atoms with Crippen molar-refractivity contribution < 1.29 is 23.4 Å². The zero-order valence-corrected chi connectivity index (χ0v) is 12.2. The van der Waals surface area contributed by atoms with Crippen molar-refractivity contribution in [2.24, 2.45) is 0 Å². The fourth-order valence-corrected chi connectivity index (χ4v) is 3.11. The van der Waals surface area contributed by atoms with Crippen LogP contribution < -0.4 is 4.72 Å². The third-order valence-electron chi connectivity index (χ3n) is 2.64. The fraction of sp³-hybridized carbons (Fsp3) is 0.462. The Balaban J connectivity index is 2.80. The van der Waals surface area contributed by atoms with Gasteiger partial charge in [-0.15, -0.1) is 0 Å². The Kier molecular flexibility index (Phi) is 5.67. The molecule has 112 valence electrons. The van der Waals surface area contributed by atoms with Gasteiger partial charge in [-0.05, 0) is 38.0 Å². The number of aliphatic hydroxyl groups is 1. The molecule has 2 unspecified atom stereocenters. The Morgan fingerprint density at radius 1 is 1.25 bits per heavy atom. The van der Waals surface area contributed by atoms with Crippen LogP contribution >= 0.6 is 0 Å². The molecule has 0 aliphatic heterocycles. The van der Waals surface area contributed by atoms with Crippen molar-refractivity contribution in [3.63, 3.8) is 0 Å². The van der Waals surface area contributed by atoms with Crippen LogP contribution in [0.2, 0.25) is 0 Å². The first-order valence-corrected chi connectivity index (χ1v) is 7.70. The fourth-order valence-electron chi connectivity index (χ4n) is 1.85. The molecule has 0 aliphatic rings. The van der Waals surface area contributed by atoms with Crippen LogP contribution in [0, 0.1) is 0 Å². The molecule has 2 atom stereocenters. The second kappa shape index (κ2) is 6.83. The number of carboxylic acid groups (broad SMARTS) is 1. The average molecular weight is 301 g/mol. The molecule has 0 radical (unpaired) electrons. The highest BCUT2D eigenvalue weighted by Gasteiger charge is 2.18. The zero-order valence-electron chi connectivity index (χ0n) is 11.4. The van der Waals surface area contributed by atoms with Crippen molar-refractivity contribution in [3.05, 3.63) is 29.8 Å². The minimum Gasteiger partial charge on any atom is -0.481 e. The molecule has 0 aromatic heterocycles. The van der Waals surface area contributed by atoms with E-state index in [-0.39, 0.29) is 11.3 Å². The lowest BCUT2D eigenvalue weighted by molar-refractivity contribution is -0.136. The molecule has 0 heterocycles. The van der Waals surface area contributed by atoms with Gasteiger partial charge >= 0.3 is 5.97 Å². The van der Waals surface area contributed by atoms with Crippen molar-refractivity contribution in [1.82, 2.24) is 4.72 Å². The van der Waals surface area contributed by atoms with E-state index < -0.39 is 28.1 Å². The summed E-state index contributed by atoms with van der Waals surface area (Å²) in [4.78, 5) is 10.6. The lowest BCUT2D eigenvalue weighted by Crippen LogP contribution is -2.34. The monoisotopic (exact) mass is 301 g/mol. The molecule has 0 amide bonds. The smallest absolute Gasteiger partial charge is 0.307 e. The molecule has 0 spiro atoms. The normalized spacial score (nSPS) is 14.8. The lowest BCUT2D eigenvalue weighted by Gasteiger charge is -2.15. The van der Waals surface area contributed by atoms with Gasteiger partial charge in [0.2, 0.25) is 10.0 Å². The summed E-state index contributed by atoms with van der Waals surface area (Å²) < 4.78 is 26.6. The Morgan fingerprint density at radius 2 is 1.80 bits per heavy atom. The molecule has 0 aliphatic carbocycles. The molecule has 0 bridgehead atoms. The molecular formula is C13H19NO5S. The van der Waals surface area contributed by atoms with Crippen LogP contribution in [0.3, 0.4) is 0 Å². The molecule has 20 heavy (non-hydrogen) atoms. The van der Waals surface area contributed by atoms with Crippen molar-refractivity contribution in [2.75, 3.05) is 0 Å². The van der Waals surface area contributed by atoms with Crippen molar-refractivity contribution in [2.45, 2.75) is 43.7 Å². The Bertz CT molecular complexity index is 551. The van der Waals surface area contributed by atoms with Crippen molar-refractivity contribution in [1.29, 1.82) is 0 Å². The second-order valence-electron chi connectivity index (χ2n) is 4.82. The first kappa shape index (κ1) is 16.6. The van der Waals surface area contributed by atoms with E-state index in [1.165, 1.54) is 24.3 Å². The van der Waals surface area contributed by atoms with E-state index in [2.05, 4.69) is 4.72 Å². The summed E-state index contributed by atoms with van der Waals surface area (Å²) in [5.74, 6) is -0.968. The molecule has 6 nitrogen and oxygen atoms in total. The van der Waals surface area contributed by atoms with Crippen LogP contribution in [0.5, 0.6) is 0 Å². The molecule has 0 saturated heterocycles. The van der Waals surface area contributed by atoms with E-state index in [0.29, 0.717) is 12.0 Å². The third kappa shape index (κ3) is 5.28. The predicted octanol–water partition coefficient (Wildman–Crippen LogP) is 0.751. The summed E-state index contributed by atoms with van der Waals surface area (Å²) in [5.41, 5.74) is 0.536. The van der Waals surface area contributed by atoms with Gasteiger partial charge in [-0.1, -0.05) is 12.1 Å². The summed E-state index contributed by atoms with van der Waals surface area (Å²) in [7, 11) is -3.66. The maximum Gasteiger partial charge on any atom is 0.307 e. The highest BCUT2D eigenvalue weighted by atomic mass is 32.2. The van der Waals surface area contributed by atoms with Crippen LogP contribution in [0.4, 0.5) is 0 Å². The maximum absolute atomic E-state index is 12.0. The van der Waals surface area contributed by atoms with Gasteiger partial charge in [-0.3, -0.25) is 4.79 Å². The Labute approximate surface area is 118 Å². The molecular weight excluding hydrogens is 282 g/mol. The molecule has 0 fully saturated rings. The van der Waals surface area contributed by atoms with Crippen LogP contribution in [0.1, 0.15) is 25.8 Å². The quantitative estimate of drug-likeness (QED) is 0.689. The van der Waals surface area contributed by atoms with Gasteiger partial charge in [0.25, 0.3) is 0 Å². The number of benzene rings is 1. The van der Waals surface area contributed by atoms with Gasteiger partial charge in [0.1, 0.15) is 0 Å².